The summed E-state index contributed by atoms with van der Waals surface area (Å²) in [7, 11) is 0. The van der Waals surface area contributed by atoms with Gasteiger partial charge in [-0.25, -0.2) is 0 Å². The molecule has 5 heteroatoms. The molecular formula is C21H17N3O2. The van der Waals surface area contributed by atoms with E-state index in [0.29, 0.717) is 17.7 Å². The number of aryl methyl sites for hydroxylation is 1. The number of fused-ring (bicyclic) bond motifs is 1. The van der Waals surface area contributed by atoms with Gasteiger partial charge >= 0.3 is 0 Å². The van der Waals surface area contributed by atoms with Crippen LogP contribution in [0.1, 0.15) is 22.3 Å². The summed E-state index contributed by atoms with van der Waals surface area (Å²) in [5, 5.41) is 5.69. The average molecular weight is 343 g/mol. The highest BCUT2D eigenvalue weighted by molar-refractivity contribution is 6.05. The molecule has 3 aromatic rings. The van der Waals surface area contributed by atoms with Crippen LogP contribution in [0.5, 0.6) is 0 Å². The van der Waals surface area contributed by atoms with Gasteiger partial charge in [0.2, 0.25) is 5.91 Å². The number of nitrogens with one attached hydrogen (secondary N) is 2. The molecular weight excluding hydrogens is 326 g/mol. The molecule has 1 aliphatic rings. The minimum absolute atomic E-state index is 0.00155. The fourth-order valence-electron chi connectivity index (χ4n) is 2.96. The van der Waals surface area contributed by atoms with Gasteiger partial charge in [-0.1, -0.05) is 36.4 Å². The standard InChI is InChI=1S/C21H17N3O2/c25-20-11-8-15-6-9-17(12-19(15)24-20)23-21(26)16-7-10-18(22-13-16)14-4-2-1-3-5-14/h1-7,9-10,12-13H,8,11H2,(H,23,26)(H,24,25). The van der Waals surface area contributed by atoms with Gasteiger partial charge in [0.05, 0.1) is 11.3 Å². The van der Waals surface area contributed by atoms with E-state index in [1.165, 1.54) is 0 Å². The number of hydrogen-bond donors (Lipinski definition) is 2. The van der Waals surface area contributed by atoms with Crippen molar-refractivity contribution in [1.82, 2.24) is 4.98 Å². The number of carbonyl (C=O) groups excluding carboxylic acids is 2. The third kappa shape index (κ3) is 3.32. The summed E-state index contributed by atoms with van der Waals surface area (Å²) < 4.78 is 0. The molecule has 0 aliphatic carbocycles. The van der Waals surface area contributed by atoms with Crippen molar-refractivity contribution in [2.75, 3.05) is 10.6 Å². The van der Waals surface area contributed by atoms with Crippen molar-refractivity contribution in [2.24, 2.45) is 0 Å². The lowest BCUT2D eigenvalue weighted by Gasteiger charge is -2.17. The van der Waals surface area contributed by atoms with Crippen molar-refractivity contribution < 1.29 is 9.59 Å². The Labute approximate surface area is 151 Å². The number of nitrogens with zero attached hydrogens (tertiary/aromatic N) is 1. The van der Waals surface area contributed by atoms with E-state index in [-0.39, 0.29) is 11.8 Å². The lowest BCUT2D eigenvalue weighted by Crippen LogP contribution is -2.19. The molecule has 2 aromatic carbocycles. The number of rotatable bonds is 3. The molecule has 0 spiro atoms. The molecule has 0 saturated heterocycles. The zero-order valence-electron chi connectivity index (χ0n) is 14.0. The van der Waals surface area contributed by atoms with Crippen molar-refractivity contribution in [3.05, 3.63) is 78.0 Å². The fraction of sp³-hybridized carbons (Fsp3) is 0.0952. The van der Waals surface area contributed by atoms with E-state index >= 15 is 0 Å². The van der Waals surface area contributed by atoms with Crippen molar-refractivity contribution in [3.63, 3.8) is 0 Å². The van der Waals surface area contributed by atoms with Gasteiger partial charge in [-0.15, -0.1) is 0 Å². The number of hydrogen-bond acceptors (Lipinski definition) is 3. The molecule has 2 amide bonds. The molecule has 0 atom stereocenters. The van der Waals surface area contributed by atoms with E-state index in [2.05, 4.69) is 15.6 Å². The summed E-state index contributed by atoms with van der Waals surface area (Å²) in [5.74, 6) is -0.235. The molecule has 26 heavy (non-hydrogen) atoms. The van der Waals surface area contributed by atoms with Crippen LogP contribution in [0.3, 0.4) is 0 Å². The Morgan fingerprint density at radius 3 is 2.62 bits per heavy atom. The highest BCUT2D eigenvalue weighted by atomic mass is 16.2. The van der Waals surface area contributed by atoms with E-state index < -0.39 is 0 Å². The first-order valence-electron chi connectivity index (χ1n) is 8.45. The van der Waals surface area contributed by atoms with Crippen molar-refractivity contribution in [2.45, 2.75) is 12.8 Å². The fourth-order valence-corrected chi connectivity index (χ4v) is 2.96. The minimum Gasteiger partial charge on any atom is -0.326 e. The second kappa shape index (κ2) is 6.80. The van der Waals surface area contributed by atoms with E-state index in [0.717, 1.165) is 28.9 Å². The van der Waals surface area contributed by atoms with E-state index in [1.807, 2.05) is 48.5 Å². The first kappa shape index (κ1) is 16.0. The van der Waals surface area contributed by atoms with Crippen LogP contribution in [-0.4, -0.2) is 16.8 Å². The maximum Gasteiger partial charge on any atom is 0.257 e. The molecule has 2 heterocycles. The second-order valence-electron chi connectivity index (χ2n) is 6.17. The number of aromatic nitrogens is 1. The lowest BCUT2D eigenvalue weighted by atomic mass is 10.0. The third-order valence-corrected chi connectivity index (χ3v) is 4.36. The highest BCUT2D eigenvalue weighted by Gasteiger charge is 2.15. The Morgan fingerprint density at radius 1 is 1.00 bits per heavy atom. The zero-order chi connectivity index (χ0) is 17.9. The number of carbonyl (C=O) groups is 2. The normalized spacial score (nSPS) is 12.8. The van der Waals surface area contributed by atoms with Gasteiger partial charge in [-0.2, -0.15) is 0 Å². The van der Waals surface area contributed by atoms with Crippen LogP contribution in [0.15, 0.2) is 66.9 Å². The Kier molecular flexibility index (Phi) is 4.19. The molecule has 128 valence electrons. The quantitative estimate of drug-likeness (QED) is 0.758. The summed E-state index contributed by atoms with van der Waals surface area (Å²) in [5.41, 5.74) is 4.78. The number of pyridine rings is 1. The summed E-state index contributed by atoms with van der Waals surface area (Å²) in [6.07, 6.45) is 2.79. The Bertz CT molecular complexity index is 966. The van der Waals surface area contributed by atoms with Crippen LogP contribution in [0.2, 0.25) is 0 Å². The molecule has 0 unspecified atom stereocenters. The maximum absolute atomic E-state index is 12.5. The molecule has 5 nitrogen and oxygen atoms in total. The predicted molar refractivity (Wildman–Crippen MR) is 101 cm³/mol. The summed E-state index contributed by atoms with van der Waals surface area (Å²) in [6, 6.07) is 19.0. The second-order valence-corrected chi connectivity index (χ2v) is 6.17. The smallest absolute Gasteiger partial charge is 0.257 e. The van der Waals surface area contributed by atoms with Gasteiger partial charge in [0.25, 0.3) is 5.91 Å². The molecule has 1 aromatic heterocycles. The molecule has 4 rings (SSSR count). The average Bonchev–Trinajstić information content (AvgIpc) is 2.68. The van der Waals surface area contributed by atoms with Gasteiger partial charge < -0.3 is 10.6 Å². The predicted octanol–water partition coefficient (Wildman–Crippen LogP) is 3.89. The minimum atomic E-state index is -0.237. The molecule has 0 radical (unpaired) electrons. The monoisotopic (exact) mass is 343 g/mol. The van der Waals surface area contributed by atoms with E-state index in [1.54, 1.807) is 18.3 Å². The summed E-state index contributed by atoms with van der Waals surface area (Å²) in [4.78, 5) is 28.4. The largest absolute Gasteiger partial charge is 0.326 e. The topological polar surface area (TPSA) is 71.1 Å². The van der Waals surface area contributed by atoms with Crippen molar-refractivity contribution >= 4 is 23.2 Å². The van der Waals surface area contributed by atoms with Gasteiger partial charge in [0.1, 0.15) is 0 Å². The Morgan fingerprint density at radius 2 is 1.85 bits per heavy atom. The highest BCUT2D eigenvalue weighted by Crippen LogP contribution is 2.26. The van der Waals surface area contributed by atoms with Gasteiger partial charge in [-0.3, -0.25) is 14.6 Å². The molecule has 0 bridgehead atoms. The Hall–Kier alpha value is -3.47. The summed E-state index contributed by atoms with van der Waals surface area (Å²) in [6.45, 7) is 0. The van der Waals surface area contributed by atoms with Crippen molar-refractivity contribution in [3.8, 4) is 11.3 Å². The van der Waals surface area contributed by atoms with Gasteiger partial charge in [-0.05, 0) is 36.2 Å². The van der Waals surface area contributed by atoms with Crippen LogP contribution in [-0.2, 0) is 11.2 Å². The first-order chi connectivity index (χ1) is 12.7. The van der Waals surface area contributed by atoms with E-state index in [4.69, 9.17) is 0 Å². The Balaban J connectivity index is 1.50. The number of anilines is 2. The van der Waals surface area contributed by atoms with Crippen LogP contribution >= 0.6 is 0 Å². The first-order valence-corrected chi connectivity index (χ1v) is 8.45. The lowest BCUT2D eigenvalue weighted by molar-refractivity contribution is -0.116. The molecule has 1 aliphatic heterocycles. The molecule has 0 fully saturated rings. The number of amides is 2. The van der Waals surface area contributed by atoms with Crippen molar-refractivity contribution in [1.29, 1.82) is 0 Å². The molecule has 2 N–H and O–H groups in total. The van der Waals surface area contributed by atoms with Crippen LogP contribution in [0.4, 0.5) is 11.4 Å². The van der Waals surface area contributed by atoms with Gasteiger partial charge in [0.15, 0.2) is 0 Å². The van der Waals surface area contributed by atoms with Crippen LogP contribution < -0.4 is 10.6 Å². The summed E-state index contributed by atoms with van der Waals surface area (Å²) >= 11 is 0. The van der Waals surface area contributed by atoms with Crippen LogP contribution in [0.25, 0.3) is 11.3 Å². The van der Waals surface area contributed by atoms with Gasteiger partial charge in [0, 0.05) is 29.6 Å². The SMILES string of the molecule is O=C1CCc2ccc(NC(=O)c3ccc(-c4ccccc4)nc3)cc2N1. The number of benzene rings is 2. The maximum atomic E-state index is 12.5. The van der Waals surface area contributed by atoms with E-state index in [9.17, 15) is 9.59 Å². The van der Waals surface area contributed by atoms with Crippen LogP contribution in [0, 0.1) is 0 Å². The molecule has 0 saturated carbocycles. The third-order valence-electron chi connectivity index (χ3n) is 4.36. The zero-order valence-corrected chi connectivity index (χ0v) is 14.0.